The predicted octanol–water partition coefficient (Wildman–Crippen LogP) is 2.05. The summed E-state index contributed by atoms with van der Waals surface area (Å²) in [6.07, 6.45) is 2.83. The molecule has 2 unspecified atom stereocenters. The van der Waals surface area contributed by atoms with Gasteiger partial charge in [-0.1, -0.05) is 20.8 Å². The maximum atomic E-state index is 11.4. The molecule has 2 atom stereocenters. The predicted molar refractivity (Wildman–Crippen MR) is 64.6 cm³/mol. The summed E-state index contributed by atoms with van der Waals surface area (Å²) < 4.78 is 0. The van der Waals surface area contributed by atoms with E-state index in [1.54, 1.807) is 0 Å². The molecule has 0 aliphatic carbocycles. The monoisotopic (exact) mass is 214 g/mol. The Morgan fingerprint density at radius 1 is 1.40 bits per heavy atom. The van der Waals surface area contributed by atoms with Gasteiger partial charge in [0.05, 0.1) is 5.54 Å². The molecule has 0 radical (unpaired) electrons. The summed E-state index contributed by atoms with van der Waals surface area (Å²) in [6.45, 7) is 10.4. The maximum absolute atomic E-state index is 11.4. The molecule has 0 saturated carbocycles. The summed E-state index contributed by atoms with van der Waals surface area (Å²) in [5, 5.41) is 3.32. The normalized spacial score (nSPS) is 17.5. The molecule has 3 N–H and O–H groups in total. The highest BCUT2D eigenvalue weighted by Gasteiger charge is 2.31. The van der Waals surface area contributed by atoms with Gasteiger partial charge in [-0.2, -0.15) is 0 Å². The molecule has 0 aromatic rings. The van der Waals surface area contributed by atoms with E-state index in [1.165, 1.54) is 0 Å². The zero-order chi connectivity index (χ0) is 12.1. The smallest absolute Gasteiger partial charge is 0.237 e. The van der Waals surface area contributed by atoms with E-state index in [9.17, 15) is 4.79 Å². The van der Waals surface area contributed by atoms with Crippen LogP contribution in [-0.2, 0) is 4.79 Å². The zero-order valence-corrected chi connectivity index (χ0v) is 10.8. The molecular weight excluding hydrogens is 188 g/mol. The summed E-state index contributed by atoms with van der Waals surface area (Å²) in [6, 6.07) is 0.328. The highest BCUT2D eigenvalue weighted by atomic mass is 16.1. The van der Waals surface area contributed by atoms with Crippen molar-refractivity contribution >= 4 is 5.91 Å². The standard InChI is InChI=1S/C12H26N2O/c1-6-10(4)14-12(5,11(13)15)8-7-9(2)3/h9-10,14H,6-8H2,1-5H3,(H2,13,15). The van der Waals surface area contributed by atoms with Crippen molar-refractivity contribution in [3.05, 3.63) is 0 Å². The van der Waals surface area contributed by atoms with Gasteiger partial charge < -0.3 is 11.1 Å². The van der Waals surface area contributed by atoms with Crippen LogP contribution in [0.15, 0.2) is 0 Å². The molecule has 0 bridgehead atoms. The first-order chi connectivity index (χ1) is 6.81. The van der Waals surface area contributed by atoms with E-state index >= 15 is 0 Å². The largest absolute Gasteiger partial charge is 0.368 e. The number of primary amides is 1. The Morgan fingerprint density at radius 3 is 2.27 bits per heavy atom. The second kappa shape index (κ2) is 6.11. The molecule has 0 aromatic heterocycles. The van der Waals surface area contributed by atoms with Crippen LogP contribution in [0.25, 0.3) is 0 Å². The van der Waals surface area contributed by atoms with Gasteiger partial charge in [0.2, 0.25) is 5.91 Å². The Hall–Kier alpha value is -0.570. The first-order valence-corrected chi connectivity index (χ1v) is 5.89. The molecule has 0 heterocycles. The maximum Gasteiger partial charge on any atom is 0.237 e. The Kier molecular flexibility index (Phi) is 5.88. The fraction of sp³-hybridized carbons (Fsp3) is 0.917. The lowest BCUT2D eigenvalue weighted by molar-refractivity contribution is -0.124. The van der Waals surface area contributed by atoms with Gasteiger partial charge in [-0.3, -0.25) is 4.79 Å². The fourth-order valence-electron chi connectivity index (χ4n) is 1.49. The molecule has 0 fully saturated rings. The molecule has 0 spiro atoms. The van der Waals surface area contributed by atoms with Gasteiger partial charge in [0, 0.05) is 6.04 Å². The van der Waals surface area contributed by atoms with Crippen LogP contribution in [0.1, 0.15) is 53.9 Å². The number of carbonyl (C=O) groups excluding carboxylic acids is 1. The summed E-state index contributed by atoms with van der Waals surface area (Å²) in [5.41, 5.74) is 4.90. The second-order valence-electron chi connectivity index (χ2n) is 5.08. The van der Waals surface area contributed by atoms with Gasteiger partial charge in [0.25, 0.3) is 0 Å². The minimum absolute atomic E-state index is 0.247. The number of rotatable bonds is 7. The van der Waals surface area contributed by atoms with Crippen molar-refractivity contribution in [2.24, 2.45) is 11.7 Å². The van der Waals surface area contributed by atoms with E-state index in [0.29, 0.717) is 12.0 Å². The van der Waals surface area contributed by atoms with Crippen molar-refractivity contribution in [2.45, 2.75) is 65.5 Å². The number of carbonyl (C=O) groups is 1. The van der Waals surface area contributed by atoms with Crippen molar-refractivity contribution < 1.29 is 4.79 Å². The van der Waals surface area contributed by atoms with Gasteiger partial charge >= 0.3 is 0 Å². The van der Waals surface area contributed by atoms with Crippen molar-refractivity contribution in [3.63, 3.8) is 0 Å². The molecular formula is C12H26N2O. The number of nitrogens with two attached hydrogens (primary N) is 1. The van der Waals surface area contributed by atoms with E-state index in [4.69, 9.17) is 5.73 Å². The fourth-order valence-corrected chi connectivity index (χ4v) is 1.49. The summed E-state index contributed by atoms with van der Waals surface area (Å²) >= 11 is 0. The summed E-state index contributed by atoms with van der Waals surface area (Å²) in [4.78, 5) is 11.4. The number of amides is 1. The van der Waals surface area contributed by atoms with Gasteiger partial charge in [0.15, 0.2) is 0 Å². The van der Waals surface area contributed by atoms with E-state index in [0.717, 1.165) is 19.3 Å². The lowest BCUT2D eigenvalue weighted by Crippen LogP contribution is -2.56. The zero-order valence-electron chi connectivity index (χ0n) is 10.8. The van der Waals surface area contributed by atoms with E-state index in [-0.39, 0.29) is 5.91 Å². The third-order valence-corrected chi connectivity index (χ3v) is 2.94. The minimum atomic E-state index is -0.556. The topological polar surface area (TPSA) is 55.1 Å². The van der Waals surface area contributed by atoms with Crippen LogP contribution < -0.4 is 11.1 Å². The SMILES string of the molecule is CCC(C)NC(C)(CCC(C)C)C(N)=O. The average Bonchev–Trinajstić information content (AvgIpc) is 2.14. The first kappa shape index (κ1) is 14.4. The van der Waals surface area contributed by atoms with E-state index in [2.05, 4.69) is 33.0 Å². The van der Waals surface area contributed by atoms with Crippen LogP contribution >= 0.6 is 0 Å². The van der Waals surface area contributed by atoms with Gasteiger partial charge in [0.1, 0.15) is 0 Å². The summed E-state index contributed by atoms with van der Waals surface area (Å²) in [7, 11) is 0. The van der Waals surface area contributed by atoms with Crippen LogP contribution in [0.4, 0.5) is 0 Å². The highest BCUT2D eigenvalue weighted by molar-refractivity contribution is 5.84. The van der Waals surface area contributed by atoms with Crippen molar-refractivity contribution in [2.75, 3.05) is 0 Å². The molecule has 90 valence electrons. The molecule has 0 aliphatic rings. The number of hydrogen-bond donors (Lipinski definition) is 2. The highest BCUT2D eigenvalue weighted by Crippen LogP contribution is 2.17. The third-order valence-electron chi connectivity index (χ3n) is 2.94. The molecule has 0 aliphatic heterocycles. The van der Waals surface area contributed by atoms with E-state index < -0.39 is 5.54 Å². The Balaban J connectivity index is 4.38. The molecule has 3 heteroatoms. The summed E-state index contributed by atoms with van der Waals surface area (Å²) in [5.74, 6) is 0.353. The van der Waals surface area contributed by atoms with Crippen molar-refractivity contribution in [1.82, 2.24) is 5.32 Å². The van der Waals surface area contributed by atoms with Gasteiger partial charge in [-0.15, -0.1) is 0 Å². The Bertz CT molecular complexity index is 204. The third kappa shape index (κ3) is 5.17. The lowest BCUT2D eigenvalue weighted by atomic mass is 9.90. The second-order valence-corrected chi connectivity index (χ2v) is 5.08. The van der Waals surface area contributed by atoms with Crippen LogP contribution in [0.2, 0.25) is 0 Å². The van der Waals surface area contributed by atoms with Crippen LogP contribution in [0.5, 0.6) is 0 Å². The van der Waals surface area contributed by atoms with E-state index in [1.807, 2.05) is 6.92 Å². The van der Waals surface area contributed by atoms with Gasteiger partial charge in [-0.25, -0.2) is 0 Å². The molecule has 3 nitrogen and oxygen atoms in total. The van der Waals surface area contributed by atoms with Crippen LogP contribution in [0.3, 0.4) is 0 Å². The first-order valence-electron chi connectivity index (χ1n) is 5.89. The minimum Gasteiger partial charge on any atom is -0.368 e. The molecule has 0 aromatic carbocycles. The Labute approximate surface area is 93.8 Å². The quantitative estimate of drug-likeness (QED) is 0.681. The molecule has 15 heavy (non-hydrogen) atoms. The number of nitrogens with one attached hydrogen (secondary N) is 1. The number of hydrogen-bond acceptors (Lipinski definition) is 2. The molecule has 1 amide bonds. The lowest BCUT2D eigenvalue weighted by Gasteiger charge is -2.31. The van der Waals surface area contributed by atoms with Crippen molar-refractivity contribution in [1.29, 1.82) is 0 Å². The molecule has 0 rings (SSSR count). The van der Waals surface area contributed by atoms with Crippen LogP contribution in [-0.4, -0.2) is 17.5 Å². The average molecular weight is 214 g/mol. The Morgan fingerprint density at radius 2 is 1.93 bits per heavy atom. The van der Waals surface area contributed by atoms with Crippen molar-refractivity contribution in [3.8, 4) is 0 Å². The molecule has 0 saturated heterocycles. The van der Waals surface area contributed by atoms with Crippen LogP contribution in [0, 0.1) is 5.92 Å². The van der Waals surface area contributed by atoms with Gasteiger partial charge in [-0.05, 0) is 39.0 Å².